The Bertz CT molecular complexity index is 595. The zero-order chi connectivity index (χ0) is 14.4. The predicted molar refractivity (Wildman–Crippen MR) is 70.1 cm³/mol. The average Bonchev–Trinajstić information content (AvgIpc) is 2.92. The minimum atomic E-state index is -0.963. The number of aromatic nitrogens is 3. The maximum Gasteiger partial charge on any atom is 0.335 e. The van der Waals surface area contributed by atoms with Crippen LogP contribution in [-0.4, -0.2) is 38.5 Å². The van der Waals surface area contributed by atoms with E-state index in [1.807, 2.05) is 0 Å². The van der Waals surface area contributed by atoms with E-state index in [1.165, 1.54) is 10.9 Å². The van der Waals surface area contributed by atoms with Crippen molar-refractivity contribution in [2.45, 2.75) is 13.0 Å². The highest BCUT2D eigenvalue weighted by atomic mass is 16.4. The van der Waals surface area contributed by atoms with Gasteiger partial charge in [0.25, 0.3) is 0 Å². The molecule has 104 valence electrons. The monoisotopic (exact) mass is 274 g/mol. The fourth-order valence-corrected chi connectivity index (χ4v) is 1.80. The van der Waals surface area contributed by atoms with Gasteiger partial charge in [-0.2, -0.15) is 0 Å². The van der Waals surface area contributed by atoms with E-state index in [2.05, 4.69) is 15.6 Å². The molecule has 0 fully saturated rings. The molecular formula is C13H14N4O3. The number of nitrogens with one attached hydrogen (secondary N) is 1. The van der Waals surface area contributed by atoms with Gasteiger partial charge in [0.15, 0.2) is 0 Å². The molecule has 1 aromatic carbocycles. The van der Waals surface area contributed by atoms with Crippen molar-refractivity contribution in [1.29, 1.82) is 0 Å². The van der Waals surface area contributed by atoms with Gasteiger partial charge in [-0.3, -0.25) is 4.79 Å². The Balaban J connectivity index is 1.84. The zero-order valence-electron chi connectivity index (χ0n) is 10.7. The Kier molecular flexibility index (Phi) is 4.43. The number of aromatic carboxylic acids is 1. The second kappa shape index (κ2) is 6.46. The van der Waals surface area contributed by atoms with Crippen LogP contribution in [0.1, 0.15) is 15.9 Å². The molecule has 7 nitrogen and oxygen atoms in total. The lowest BCUT2D eigenvalue weighted by molar-refractivity contribution is -0.121. The van der Waals surface area contributed by atoms with Crippen molar-refractivity contribution in [2.75, 3.05) is 6.54 Å². The van der Waals surface area contributed by atoms with Crippen LogP contribution in [0.4, 0.5) is 0 Å². The number of carbonyl (C=O) groups excluding carboxylic acids is 1. The third-order valence-electron chi connectivity index (χ3n) is 2.74. The molecule has 0 aliphatic carbocycles. The Morgan fingerprint density at radius 2 is 2.10 bits per heavy atom. The molecular weight excluding hydrogens is 260 g/mol. The largest absolute Gasteiger partial charge is 0.478 e. The summed E-state index contributed by atoms with van der Waals surface area (Å²) in [5, 5.41) is 19.0. The van der Waals surface area contributed by atoms with Gasteiger partial charge in [0.2, 0.25) is 5.91 Å². The predicted octanol–water partition coefficient (Wildman–Crippen LogP) is 0.335. The molecule has 1 aromatic heterocycles. The summed E-state index contributed by atoms with van der Waals surface area (Å²) in [5.74, 6) is -1.15. The molecule has 0 unspecified atom stereocenters. The van der Waals surface area contributed by atoms with Crippen LogP contribution in [-0.2, 0) is 17.8 Å². The van der Waals surface area contributed by atoms with Crippen LogP contribution in [0.3, 0.4) is 0 Å². The van der Waals surface area contributed by atoms with Gasteiger partial charge in [-0.25, -0.2) is 9.48 Å². The fourth-order valence-electron chi connectivity index (χ4n) is 1.80. The van der Waals surface area contributed by atoms with Gasteiger partial charge in [0.05, 0.1) is 11.8 Å². The number of amides is 1. The van der Waals surface area contributed by atoms with Crippen molar-refractivity contribution in [2.24, 2.45) is 0 Å². The van der Waals surface area contributed by atoms with Crippen molar-refractivity contribution < 1.29 is 14.7 Å². The van der Waals surface area contributed by atoms with Gasteiger partial charge in [-0.1, -0.05) is 23.4 Å². The zero-order valence-corrected chi connectivity index (χ0v) is 10.7. The summed E-state index contributed by atoms with van der Waals surface area (Å²) in [6, 6.07) is 6.75. The second-order valence-electron chi connectivity index (χ2n) is 4.16. The highest BCUT2D eigenvalue weighted by Gasteiger charge is 2.09. The Hall–Kier alpha value is -2.70. The number of hydrogen-bond donors (Lipinski definition) is 2. The number of benzene rings is 1. The minimum Gasteiger partial charge on any atom is -0.478 e. The van der Waals surface area contributed by atoms with Crippen molar-refractivity contribution >= 4 is 11.9 Å². The van der Waals surface area contributed by atoms with Crippen LogP contribution in [0.2, 0.25) is 0 Å². The van der Waals surface area contributed by atoms with E-state index in [0.29, 0.717) is 18.5 Å². The third kappa shape index (κ3) is 3.64. The molecule has 1 amide bonds. The van der Waals surface area contributed by atoms with Gasteiger partial charge in [-0.15, -0.1) is 5.10 Å². The smallest absolute Gasteiger partial charge is 0.335 e. The summed E-state index contributed by atoms with van der Waals surface area (Å²) in [7, 11) is 0. The molecule has 0 saturated carbocycles. The van der Waals surface area contributed by atoms with Crippen LogP contribution < -0.4 is 5.32 Å². The van der Waals surface area contributed by atoms with Gasteiger partial charge in [0.1, 0.15) is 6.54 Å². The van der Waals surface area contributed by atoms with Crippen LogP contribution in [0.15, 0.2) is 36.7 Å². The number of carbonyl (C=O) groups is 2. The molecule has 1 heterocycles. The highest BCUT2D eigenvalue weighted by Crippen LogP contribution is 2.08. The lowest BCUT2D eigenvalue weighted by Gasteiger charge is -2.07. The van der Waals surface area contributed by atoms with Gasteiger partial charge in [0, 0.05) is 12.7 Å². The molecule has 2 N–H and O–H groups in total. The molecule has 2 aromatic rings. The third-order valence-corrected chi connectivity index (χ3v) is 2.74. The molecule has 7 heteroatoms. The normalized spacial score (nSPS) is 10.2. The Morgan fingerprint density at radius 3 is 2.80 bits per heavy atom. The van der Waals surface area contributed by atoms with Crippen molar-refractivity contribution in [3.05, 3.63) is 47.8 Å². The van der Waals surface area contributed by atoms with Crippen LogP contribution in [0, 0.1) is 0 Å². The second-order valence-corrected chi connectivity index (χ2v) is 4.16. The summed E-state index contributed by atoms with van der Waals surface area (Å²) in [5.41, 5.74) is 0.957. The summed E-state index contributed by atoms with van der Waals surface area (Å²) in [6.07, 6.45) is 3.56. The number of carboxylic acid groups (broad SMARTS) is 1. The average molecular weight is 274 g/mol. The fraction of sp³-hybridized carbons (Fsp3) is 0.231. The number of carboxylic acids is 1. The quantitative estimate of drug-likeness (QED) is 0.791. The lowest BCUT2D eigenvalue weighted by Crippen LogP contribution is -2.29. The van der Waals surface area contributed by atoms with E-state index in [0.717, 1.165) is 0 Å². The summed E-state index contributed by atoms with van der Waals surface area (Å²) < 4.78 is 1.42. The summed E-state index contributed by atoms with van der Waals surface area (Å²) >= 11 is 0. The first-order chi connectivity index (χ1) is 9.66. The topological polar surface area (TPSA) is 97.1 Å². The highest BCUT2D eigenvalue weighted by molar-refractivity contribution is 5.89. The molecule has 0 spiro atoms. The molecule has 2 rings (SSSR count). The molecule has 20 heavy (non-hydrogen) atoms. The first kappa shape index (κ1) is 13.7. The number of rotatable bonds is 6. The Morgan fingerprint density at radius 1 is 1.30 bits per heavy atom. The maximum absolute atomic E-state index is 11.6. The van der Waals surface area contributed by atoms with E-state index in [9.17, 15) is 9.59 Å². The molecule has 0 bridgehead atoms. The van der Waals surface area contributed by atoms with E-state index >= 15 is 0 Å². The van der Waals surface area contributed by atoms with E-state index < -0.39 is 5.97 Å². The lowest BCUT2D eigenvalue weighted by atomic mass is 10.0. The van der Waals surface area contributed by atoms with Gasteiger partial charge >= 0.3 is 5.97 Å². The van der Waals surface area contributed by atoms with E-state index in [4.69, 9.17) is 5.11 Å². The first-order valence-electron chi connectivity index (χ1n) is 6.09. The van der Waals surface area contributed by atoms with Crippen LogP contribution in [0.25, 0.3) is 0 Å². The minimum absolute atomic E-state index is 0.0978. The number of nitrogens with zero attached hydrogens (tertiary/aromatic N) is 3. The van der Waals surface area contributed by atoms with E-state index in [1.54, 1.807) is 30.5 Å². The van der Waals surface area contributed by atoms with E-state index in [-0.39, 0.29) is 18.0 Å². The first-order valence-corrected chi connectivity index (χ1v) is 6.09. The molecule has 0 saturated heterocycles. The van der Waals surface area contributed by atoms with Crippen molar-refractivity contribution in [1.82, 2.24) is 20.3 Å². The maximum atomic E-state index is 11.6. The van der Waals surface area contributed by atoms with Crippen molar-refractivity contribution in [3.8, 4) is 0 Å². The molecule has 0 atom stereocenters. The number of hydrogen-bond acceptors (Lipinski definition) is 4. The molecule has 0 aliphatic heterocycles. The van der Waals surface area contributed by atoms with Gasteiger partial charge in [-0.05, 0) is 18.1 Å². The van der Waals surface area contributed by atoms with Crippen molar-refractivity contribution in [3.63, 3.8) is 0 Å². The Labute approximate surface area is 115 Å². The van der Waals surface area contributed by atoms with Crippen LogP contribution >= 0.6 is 0 Å². The van der Waals surface area contributed by atoms with Crippen LogP contribution in [0.5, 0.6) is 0 Å². The molecule has 0 radical (unpaired) electrons. The summed E-state index contributed by atoms with van der Waals surface area (Å²) in [4.78, 5) is 22.6. The SMILES string of the molecule is O=C(Cn1ccnn1)NCCc1ccccc1C(=O)O. The van der Waals surface area contributed by atoms with Gasteiger partial charge < -0.3 is 10.4 Å². The summed E-state index contributed by atoms with van der Waals surface area (Å²) in [6.45, 7) is 0.471. The standard InChI is InChI=1S/C13H14N4O3/c18-12(9-17-8-7-15-16-17)14-6-5-10-3-1-2-4-11(10)13(19)20/h1-4,7-8H,5-6,9H2,(H,14,18)(H,19,20). The molecule has 0 aliphatic rings.